The lowest BCUT2D eigenvalue weighted by atomic mass is 10.0. The van der Waals surface area contributed by atoms with Crippen LogP contribution in [0.4, 0.5) is 5.69 Å². The fourth-order valence-corrected chi connectivity index (χ4v) is 3.40. The largest absolute Gasteiger partial charge is 0.483 e. The number of amides is 3. The van der Waals surface area contributed by atoms with E-state index in [0.29, 0.717) is 5.69 Å². The summed E-state index contributed by atoms with van der Waals surface area (Å²) >= 11 is 3.51. The second-order valence-corrected chi connectivity index (χ2v) is 8.56. The van der Waals surface area contributed by atoms with Crippen LogP contribution in [-0.4, -0.2) is 54.5 Å². The van der Waals surface area contributed by atoms with Crippen LogP contribution in [0, 0.1) is 5.92 Å². The maximum atomic E-state index is 12.7. The number of halogens is 1. The van der Waals surface area contributed by atoms with Crippen molar-refractivity contribution in [2.75, 3.05) is 12.4 Å². The van der Waals surface area contributed by atoms with Gasteiger partial charge in [0.25, 0.3) is 6.47 Å². The van der Waals surface area contributed by atoms with Crippen LogP contribution < -0.4 is 21.3 Å². The van der Waals surface area contributed by atoms with Crippen LogP contribution in [0.1, 0.15) is 27.7 Å². The number of anilines is 1. The molecule has 0 unspecified atom stereocenters. The van der Waals surface area contributed by atoms with E-state index in [4.69, 9.17) is 9.90 Å². The lowest BCUT2D eigenvalue weighted by Crippen LogP contribution is -2.56. The van der Waals surface area contributed by atoms with Crippen molar-refractivity contribution >= 4 is 56.6 Å². The number of hydrogen-bond acceptors (Lipinski definition) is 5. The summed E-state index contributed by atoms with van der Waals surface area (Å²) in [5, 5.41) is 19.9. The molecule has 0 aliphatic rings. The standard InChI is InChI=1S/C22H29BrN4O3.CH2O2/c1-12(2)19(27-20(28)13(3)24-5)22(30)25-14(4)21(29)26-18-11-10-17(23)15-8-6-7-9-16(15)18;2-1-3/h6-14,19,24H,1-5H3,(H,25,30)(H,26,29)(H,27,28);1H,(H,2,3)/t13-,14-,19-;/m0./s1. The minimum absolute atomic E-state index is 0.135. The van der Waals surface area contributed by atoms with Crippen molar-refractivity contribution in [1.29, 1.82) is 0 Å². The average Bonchev–Trinajstić information content (AvgIpc) is 2.78. The summed E-state index contributed by atoms with van der Waals surface area (Å²) in [5.41, 5.74) is 0.663. The van der Waals surface area contributed by atoms with E-state index >= 15 is 0 Å². The molecule has 33 heavy (non-hydrogen) atoms. The number of benzene rings is 2. The summed E-state index contributed by atoms with van der Waals surface area (Å²) in [6.07, 6.45) is 0. The number of likely N-dealkylation sites (N-methyl/N-ethyl adjacent to an activating group) is 1. The molecular weight excluding hydrogens is 492 g/mol. The molecule has 2 aromatic carbocycles. The molecule has 10 heteroatoms. The van der Waals surface area contributed by atoms with E-state index in [1.165, 1.54) is 0 Å². The van der Waals surface area contributed by atoms with Crippen molar-refractivity contribution in [2.45, 2.75) is 45.8 Å². The third kappa shape index (κ3) is 8.14. The third-order valence-corrected chi connectivity index (χ3v) is 5.65. The highest BCUT2D eigenvalue weighted by atomic mass is 79.9. The zero-order chi connectivity index (χ0) is 25.1. The van der Waals surface area contributed by atoms with Crippen LogP contribution >= 0.6 is 15.9 Å². The first-order valence-electron chi connectivity index (χ1n) is 10.4. The molecule has 0 radical (unpaired) electrons. The topological polar surface area (TPSA) is 137 Å². The van der Waals surface area contributed by atoms with Gasteiger partial charge in [-0.05, 0) is 44.3 Å². The van der Waals surface area contributed by atoms with Gasteiger partial charge in [0.05, 0.1) is 6.04 Å². The molecule has 0 bridgehead atoms. The van der Waals surface area contributed by atoms with Crippen molar-refractivity contribution < 1.29 is 24.3 Å². The van der Waals surface area contributed by atoms with Gasteiger partial charge >= 0.3 is 0 Å². The van der Waals surface area contributed by atoms with Crippen molar-refractivity contribution in [2.24, 2.45) is 5.92 Å². The minimum Gasteiger partial charge on any atom is -0.483 e. The Balaban J connectivity index is 0.00000172. The number of rotatable bonds is 8. The molecule has 0 spiro atoms. The van der Waals surface area contributed by atoms with Gasteiger partial charge in [-0.15, -0.1) is 0 Å². The molecule has 0 aromatic heterocycles. The van der Waals surface area contributed by atoms with Gasteiger partial charge in [0.1, 0.15) is 12.1 Å². The zero-order valence-electron chi connectivity index (χ0n) is 19.3. The molecule has 5 N–H and O–H groups in total. The van der Waals surface area contributed by atoms with Crippen LogP contribution in [0.5, 0.6) is 0 Å². The van der Waals surface area contributed by atoms with Gasteiger partial charge in [-0.25, -0.2) is 0 Å². The summed E-state index contributed by atoms with van der Waals surface area (Å²) in [4.78, 5) is 46.0. The highest BCUT2D eigenvalue weighted by Gasteiger charge is 2.28. The maximum absolute atomic E-state index is 12.7. The van der Waals surface area contributed by atoms with Crippen molar-refractivity contribution in [1.82, 2.24) is 16.0 Å². The first-order chi connectivity index (χ1) is 15.6. The Morgan fingerprint density at radius 1 is 0.879 bits per heavy atom. The van der Waals surface area contributed by atoms with E-state index < -0.39 is 24.0 Å². The van der Waals surface area contributed by atoms with Gasteiger partial charge in [0.2, 0.25) is 17.7 Å². The molecule has 0 aliphatic carbocycles. The number of carboxylic acid groups (broad SMARTS) is 1. The highest BCUT2D eigenvalue weighted by molar-refractivity contribution is 9.10. The fourth-order valence-electron chi connectivity index (χ4n) is 2.93. The highest BCUT2D eigenvalue weighted by Crippen LogP contribution is 2.30. The van der Waals surface area contributed by atoms with Crippen LogP contribution in [0.15, 0.2) is 40.9 Å². The van der Waals surface area contributed by atoms with E-state index in [1.54, 1.807) is 20.9 Å². The SMILES string of the molecule is CN[C@@H](C)C(=O)N[C@H](C(=O)N[C@@H](C)C(=O)Nc1ccc(Br)c2ccccc12)C(C)C.O=CO. The van der Waals surface area contributed by atoms with Gasteiger partial charge in [-0.3, -0.25) is 19.2 Å². The third-order valence-electron chi connectivity index (χ3n) is 4.95. The second kappa shape index (κ2) is 13.5. The number of carbonyl (C=O) groups is 4. The molecule has 9 nitrogen and oxygen atoms in total. The van der Waals surface area contributed by atoms with Crippen LogP contribution in [0.25, 0.3) is 10.8 Å². The average molecular weight is 523 g/mol. The number of fused-ring (bicyclic) bond motifs is 1. The van der Waals surface area contributed by atoms with E-state index in [2.05, 4.69) is 37.2 Å². The summed E-state index contributed by atoms with van der Waals surface area (Å²) in [6, 6.07) is 9.45. The van der Waals surface area contributed by atoms with E-state index in [0.717, 1.165) is 15.2 Å². The zero-order valence-corrected chi connectivity index (χ0v) is 20.9. The fraction of sp³-hybridized carbons (Fsp3) is 0.391. The van der Waals surface area contributed by atoms with Gasteiger partial charge in [0, 0.05) is 15.5 Å². The lowest BCUT2D eigenvalue weighted by molar-refractivity contribution is -0.132. The van der Waals surface area contributed by atoms with Crippen molar-refractivity contribution in [3.05, 3.63) is 40.9 Å². The normalized spacial score (nSPS) is 13.2. The monoisotopic (exact) mass is 522 g/mol. The molecule has 3 amide bonds. The predicted molar refractivity (Wildman–Crippen MR) is 132 cm³/mol. The molecule has 2 rings (SSSR count). The Labute approximate surface area is 201 Å². The predicted octanol–water partition coefficient (Wildman–Crippen LogP) is 2.50. The molecule has 0 heterocycles. The molecular formula is C23H31BrN4O5. The number of hydrogen-bond donors (Lipinski definition) is 5. The van der Waals surface area contributed by atoms with Crippen molar-refractivity contribution in [3.8, 4) is 0 Å². The Morgan fingerprint density at radius 2 is 1.45 bits per heavy atom. The van der Waals surface area contributed by atoms with Crippen LogP contribution in [-0.2, 0) is 19.2 Å². The van der Waals surface area contributed by atoms with Gasteiger partial charge in [0.15, 0.2) is 0 Å². The Bertz CT molecular complexity index is 982. The molecule has 0 saturated heterocycles. The Hall–Kier alpha value is -2.98. The minimum atomic E-state index is -0.778. The summed E-state index contributed by atoms with van der Waals surface area (Å²) in [5.74, 6) is -1.15. The van der Waals surface area contributed by atoms with Crippen molar-refractivity contribution in [3.63, 3.8) is 0 Å². The van der Waals surface area contributed by atoms with E-state index in [1.807, 2.05) is 50.2 Å². The van der Waals surface area contributed by atoms with Gasteiger partial charge in [-0.1, -0.05) is 54.0 Å². The summed E-state index contributed by atoms with van der Waals surface area (Å²) in [7, 11) is 1.67. The Morgan fingerprint density at radius 3 is 2.00 bits per heavy atom. The summed E-state index contributed by atoms with van der Waals surface area (Å²) in [6.45, 7) is 6.76. The molecule has 0 aliphatic heterocycles. The molecule has 3 atom stereocenters. The van der Waals surface area contributed by atoms with Crippen LogP contribution in [0.3, 0.4) is 0 Å². The van der Waals surface area contributed by atoms with Crippen LogP contribution in [0.2, 0.25) is 0 Å². The quantitative estimate of drug-likeness (QED) is 0.338. The Kier molecular flexibility index (Phi) is 11.5. The lowest BCUT2D eigenvalue weighted by Gasteiger charge is -2.25. The first kappa shape index (κ1) is 28.1. The molecule has 180 valence electrons. The van der Waals surface area contributed by atoms with E-state index in [-0.39, 0.29) is 24.2 Å². The first-order valence-corrected chi connectivity index (χ1v) is 11.2. The smallest absolute Gasteiger partial charge is 0.290 e. The molecule has 0 fully saturated rings. The van der Waals surface area contributed by atoms with Gasteiger partial charge < -0.3 is 26.4 Å². The number of carbonyl (C=O) groups excluding carboxylic acids is 3. The number of nitrogens with one attached hydrogen (secondary N) is 4. The molecule has 0 saturated carbocycles. The second-order valence-electron chi connectivity index (χ2n) is 7.71. The maximum Gasteiger partial charge on any atom is 0.290 e. The molecule has 2 aromatic rings. The van der Waals surface area contributed by atoms with E-state index in [9.17, 15) is 14.4 Å². The summed E-state index contributed by atoms with van der Waals surface area (Å²) < 4.78 is 0.934. The van der Waals surface area contributed by atoms with Gasteiger partial charge in [-0.2, -0.15) is 0 Å².